The van der Waals surface area contributed by atoms with Gasteiger partial charge in [-0.15, -0.1) is 0 Å². The molecule has 3 nitrogen and oxygen atoms in total. The summed E-state index contributed by atoms with van der Waals surface area (Å²) < 4.78 is 1.86. The predicted molar refractivity (Wildman–Crippen MR) is 66.3 cm³/mol. The van der Waals surface area contributed by atoms with Gasteiger partial charge in [0.2, 0.25) is 0 Å². The Hall–Kier alpha value is -1.16. The van der Waals surface area contributed by atoms with Gasteiger partial charge in [-0.25, -0.2) is 4.79 Å². The average Bonchev–Trinajstić information content (AvgIpc) is 2.30. The van der Waals surface area contributed by atoms with Crippen LogP contribution in [0.2, 0.25) is 0 Å². The fraction of sp³-hybridized carbons (Fsp3) is 0.0769. The molecule has 1 N–H and O–H groups in total. The molecule has 82 valence electrons. The number of hydrogen-bond acceptors (Lipinski definition) is 1. The van der Waals surface area contributed by atoms with Gasteiger partial charge in [0.05, 0.1) is 0 Å². The predicted octanol–water partition coefficient (Wildman–Crippen LogP) is 1.07. The van der Waals surface area contributed by atoms with Crippen molar-refractivity contribution in [2.45, 2.75) is 6.54 Å². The van der Waals surface area contributed by atoms with E-state index in [9.17, 15) is 4.79 Å². The van der Waals surface area contributed by atoms with Crippen LogP contribution < -0.4 is 4.57 Å². The molecule has 0 bridgehead atoms. The van der Waals surface area contributed by atoms with E-state index in [2.05, 4.69) is 0 Å². The number of pyridine rings is 1. The van der Waals surface area contributed by atoms with Crippen LogP contribution >= 0.6 is 0 Å². The SMILES string of the molecule is O=C(O)c1ccc[n+](Cc2ccccc2)c1.[NaH]. The summed E-state index contributed by atoms with van der Waals surface area (Å²) in [6, 6.07) is 13.3. The first kappa shape index (κ1) is 13.9. The molecule has 0 aliphatic rings. The van der Waals surface area contributed by atoms with Crippen LogP contribution in [0.5, 0.6) is 0 Å². The third-order valence-corrected chi connectivity index (χ3v) is 2.31. The molecule has 4 heteroatoms. The summed E-state index contributed by atoms with van der Waals surface area (Å²) in [4.78, 5) is 10.8. The molecule has 0 spiro atoms. The van der Waals surface area contributed by atoms with Crippen LogP contribution in [-0.2, 0) is 6.54 Å². The van der Waals surface area contributed by atoms with Gasteiger partial charge in [0.25, 0.3) is 0 Å². The molecular weight excluding hydrogens is 225 g/mol. The molecule has 2 aromatic rings. The Bertz CT molecular complexity index is 500. The number of carboxylic acids is 1. The molecule has 17 heavy (non-hydrogen) atoms. The van der Waals surface area contributed by atoms with Gasteiger partial charge in [0.15, 0.2) is 18.9 Å². The van der Waals surface area contributed by atoms with Gasteiger partial charge < -0.3 is 5.11 Å². The molecule has 2 rings (SSSR count). The summed E-state index contributed by atoms with van der Waals surface area (Å²) >= 11 is 0. The van der Waals surface area contributed by atoms with E-state index in [1.54, 1.807) is 18.3 Å². The van der Waals surface area contributed by atoms with E-state index in [1.807, 2.05) is 41.1 Å². The summed E-state index contributed by atoms with van der Waals surface area (Å²) in [7, 11) is 0. The van der Waals surface area contributed by atoms with E-state index in [0.717, 1.165) is 5.56 Å². The Morgan fingerprint density at radius 2 is 1.82 bits per heavy atom. The fourth-order valence-electron chi connectivity index (χ4n) is 1.54. The van der Waals surface area contributed by atoms with Crippen molar-refractivity contribution in [1.29, 1.82) is 0 Å². The van der Waals surface area contributed by atoms with Crippen molar-refractivity contribution in [1.82, 2.24) is 0 Å². The first-order valence-electron chi connectivity index (χ1n) is 5.02. The van der Waals surface area contributed by atoms with Crippen molar-refractivity contribution in [3.63, 3.8) is 0 Å². The van der Waals surface area contributed by atoms with Crippen LogP contribution in [0.4, 0.5) is 0 Å². The van der Waals surface area contributed by atoms with E-state index >= 15 is 0 Å². The molecule has 1 aromatic carbocycles. The number of carbonyl (C=O) groups is 1. The van der Waals surface area contributed by atoms with Crippen LogP contribution in [0, 0.1) is 0 Å². The number of aromatic carboxylic acids is 1. The Labute approximate surface area is 122 Å². The van der Waals surface area contributed by atoms with Crippen LogP contribution in [0.25, 0.3) is 0 Å². The van der Waals surface area contributed by atoms with Crippen molar-refractivity contribution >= 4 is 35.5 Å². The molecule has 0 fully saturated rings. The molecule has 1 aromatic heterocycles. The maximum absolute atomic E-state index is 10.8. The topological polar surface area (TPSA) is 41.2 Å². The number of rotatable bonds is 3. The molecular formula is C13H13NNaO2+. The summed E-state index contributed by atoms with van der Waals surface area (Å²) in [5.41, 5.74) is 1.45. The second-order valence-corrected chi connectivity index (χ2v) is 3.56. The van der Waals surface area contributed by atoms with E-state index < -0.39 is 5.97 Å². The minimum atomic E-state index is -0.901. The summed E-state index contributed by atoms with van der Waals surface area (Å²) in [6.07, 6.45) is 3.49. The fourth-order valence-corrected chi connectivity index (χ4v) is 1.54. The van der Waals surface area contributed by atoms with Gasteiger partial charge in [0, 0.05) is 11.6 Å². The van der Waals surface area contributed by atoms with Gasteiger partial charge in [-0.05, 0) is 6.07 Å². The number of aromatic nitrogens is 1. The maximum atomic E-state index is 10.8. The zero-order valence-electron chi connectivity index (χ0n) is 8.71. The standard InChI is InChI=1S/C13H11NO2.Na.H/c15-13(16)12-7-4-8-14(10-12)9-11-5-2-1-3-6-11;;/h1-8,10H,9H2;;/p+1. The third-order valence-electron chi connectivity index (χ3n) is 2.31. The van der Waals surface area contributed by atoms with Gasteiger partial charge >= 0.3 is 35.5 Å². The number of hydrogen-bond donors (Lipinski definition) is 1. The number of benzene rings is 1. The van der Waals surface area contributed by atoms with E-state index in [-0.39, 0.29) is 29.6 Å². The summed E-state index contributed by atoms with van der Waals surface area (Å²) in [6.45, 7) is 0.682. The average molecular weight is 238 g/mol. The molecule has 0 unspecified atom stereocenters. The Morgan fingerprint density at radius 3 is 2.47 bits per heavy atom. The third kappa shape index (κ3) is 3.97. The van der Waals surface area contributed by atoms with Crippen molar-refractivity contribution in [2.24, 2.45) is 0 Å². The molecule has 0 amide bonds. The monoisotopic (exact) mass is 238 g/mol. The van der Waals surface area contributed by atoms with Crippen molar-refractivity contribution in [3.8, 4) is 0 Å². The second kappa shape index (κ2) is 6.55. The van der Waals surface area contributed by atoms with Crippen LogP contribution in [0.1, 0.15) is 15.9 Å². The Kier molecular flexibility index (Phi) is 5.35. The van der Waals surface area contributed by atoms with E-state index in [0.29, 0.717) is 12.1 Å². The van der Waals surface area contributed by atoms with E-state index in [1.165, 1.54) is 0 Å². The van der Waals surface area contributed by atoms with Crippen molar-refractivity contribution in [2.75, 3.05) is 0 Å². The van der Waals surface area contributed by atoms with Crippen LogP contribution in [-0.4, -0.2) is 40.6 Å². The van der Waals surface area contributed by atoms with Gasteiger partial charge in [-0.1, -0.05) is 30.3 Å². The first-order chi connectivity index (χ1) is 7.75. The normalized spacial score (nSPS) is 9.41. The molecule has 0 aliphatic carbocycles. The molecule has 0 saturated heterocycles. The number of carboxylic acid groups (broad SMARTS) is 1. The molecule has 0 aliphatic heterocycles. The zero-order chi connectivity index (χ0) is 11.4. The van der Waals surface area contributed by atoms with Crippen molar-refractivity contribution < 1.29 is 14.5 Å². The first-order valence-corrected chi connectivity index (χ1v) is 5.02. The summed E-state index contributed by atoms with van der Waals surface area (Å²) in [5, 5.41) is 8.86. The molecule has 0 atom stereocenters. The molecule has 0 radical (unpaired) electrons. The Balaban J connectivity index is 0.00000144. The van der Waals surface area contributed by atoms with Gasteiger partial charge in [0.1, 0.15) is 5.56 Å². The quantitative estimate of drug-likeness (QED) is 0.642. The van der Waals surface area contributed by atoms with E-state index in [4.69, 9.17) is 5.11 Å². The van der Waals surface area contributed by atoms with Gasteiger partial charge in [-0.3, -0.25) is 0 Å². The van der Waals surface area contributed by atoms with Crippen LogP contribution in [0.3, 0.4) is 0 Å². The van der Waals surface area contributed by atoms with Crippen LogP contribution in [0.15, 0.2) is 54.9 Å². The number of nitrogens with zero attached hydrogens (tertiary/aromatic N) is 1. The van der Waals surface area contributed by atoms with Crippen molar-refractivity contribution in [3.05, 3.63) is 66.0 Å². The molecule has 0 saturated carbocycles. The minimum absolute atomic E-state index is 0. The summed E-state index contributed by atoms with van der Waals surface area (Å²) in [5.74, 6) is -0.901. The Morgan fingerprint density at radius 1 is 1.12 bits per heavy atom. The second-order valence-electron chi connectivity index (χ2n) is 3.56. The zero-order valence-corrected chi connectivity index (χ0v) is 8.71. The molecule has 1 heterocycles. The van der Waals surface area contributed by atoms with Gasteiger partial charge in [-0.2, -0.15) is 4.57 Å².